The van der Waals surface area contributed by atoms with E-state index < -0.39 is 6.04 Å². The summed E-state index contributed by atoms with van der Waals surface area (Å²) in [6, 6.07) is 10.9. The molecule has 0 aliphatic carbocycles. The number of nitrogens with zero attached hydrogens (tertiary/aromatic N) is 2. The molecule has 2 amide bonds. The summed E-state index contributed by atoms with van der Waals surface area (Å²) in [5.41, 5.74) is 1.33. The molecule has 114 valence electrons. The lowest BCUT2D eigenvalue weighted by Gasteiger charge is -2.28. The number of amides is 2. The van der Waals surface area contributed by atoms with E-state index in [0.29, 0.717) is 17.8 Å². The summed E-state index contributed by atoms with van der Waals surface area (Å²) in [5.74, 6) is -0.349. The average molecular weight is 299 g/mol. The molecule has 1 atom stereocenters. The van der Waals surface area contributed by atoms with E-state index in [1.807, 2.05) is 12.1 Å². The van der Waals surface area contributed by atoms with Crippen LogP contribution in [-0.4, -0.2) is 29.5 Å². The Bertz CT molecular complexity index is 645. The topological polar surface area (TPSA) is 45.2 Å². The first-order chi connectivity index (χ1) is 10.6. The smallest absolute Gasteiger partial charge is 0.318 e. The number of benzene rings is 1. The van der Waals surface area contributed by atoms with Gasteiger partial charge in [-0.25, -0.2) is 9.18 Å². The fourth-order valence-electron chi connectivity index (χ4n) is 2.21. The van der Waals surface area contributed by atoms with Crippen LogP contribution >= 0.6 is 0 Å². The van der Waals surface area contributed by atoms with Crippen LogP contribution in [0.2, 0.25) is 0 Å². The highest BCUT2D eigenvalue weighted by Gasteiger charge is 2.24. The van der Waals surface area contributed by atoms with E-state index in [2.05, 4.69) is 16.9 Å². The second-order valence-corrected chi connectivity index (χ2v) is 4.80. The second kappa shape index (κ2) is 7.36. The lowest BCUT2D eigenvalue weighted by Crippen LogP contribution is -2.40. The maximum Gasteiger partial charge on any atom is 0.318 e. The SMILES string of the molecule is C=CCNC(=O)N(C)[C@H](c1cccc(F)c1)c1ccccn1. The van der Waals surface area contributed by atoms with Gasteiger partial charge in [0.2, 0.25) is 0 Å². The molecule has 1 heterocycles. The minimum absolute atomic E-state index is 0.278. The summed E-state index contributed by atoms with van der Waals surface area (Å²) in [6.45, 7) is 3.93. The van der Waals surface area contributed by atoms with Crippen LogP contribution < -0.4 is 5.32 Å². The number of halogens is 1. The third-order valence-corrected chi connectivity index (χ3v) is 3.24. The Morgan fingerprint density at radius 1 is 1.41 bits per heavy atom. The van der Waals surface area contributed by atoms with E-state index >= 15 is 0 Å². The van der Waals surface area contributed by atoms with Gasteiger partial charge >= 0.3 is 6.03 Å². The fourth-order valence-corrected chi connectivity index (χ4v) is 2.21. The van der Waals surface area contributed by atoms with Crippen LogP contribution in [0.4, 0.5) is 9.18 Å². The summed E-state index contributed by atoms with van der Waals surface area (Å²) in [5, 5.41) is 2.71. The molecule has 0 radical (unpaired) electrons. The van der Waals surface area contributed by atoms with Crippen molar-refractivity contribution in [1.82, 2.24) is 15.2 Å². The molecule has 0 saturated carbocycles. The minimum atomic E-state index is -0.471. The van der Waals surface area contributed by atoms with Gasteiger partial charge in [0.15, 0.2) is 0 Å². The van der Waals surface area contributed by atoms with Gasteiger partial charge in [0.05, 0.1) is 5.69 Å². The summed E-state index contributed by atoms with van der Waals surface area (Å²) in [7, 11) is 1.66. The van der Waals surface area contributed by atoms with E-state index in [1.165, 1.54) is 17.0 Å². The van der Waals surface area contributed by atoms with Crippen LogP contribution in [0.1, 0.15) is 17.3 Å². The molecule has 1 aromatic heterocycles. The zero-order valence-electron chi connectivity index (χ0n) is 12.4. The first-order valence-electron chi connectivity index (χ1n) is 6.91. The molecule has 0 saturated heterocycles. The molecule has 1 N–H and O–H groups in total. The van der Waals surface area contributed by atoms with Gasteiger partial charge in [0.1, 0.15) is 11.9 Å². The highest BCUT2D eigenvalue weighted by Crippen LogP contribution is 2.26. The highest BCUT2D eigenvalue weighted by molar-refractivity contribution is 5.75. The minimum Gasteiger partial charge on any atom is -0.335 e. The Balaban J connectivity index is 2.38. The average Bonchev–Trinajstić information content (AvgIpc) is 2.54. The van der Waals surface area contributed by atoms with Crippen molar-refractivity contribution in [3.05, 3.63) is 78.4 Å². The van der Waals surface area contributed by atoms with E-state index in [9.17, 15) is 9.18 Å². The lowest BCUT2D eigenvalue weighted by atomic mass is 10.0. The van der Waals surface area contributed by atoms with Gasteiger partial charge in [0, 0.05) is 19.8 Å². The Kier molecular flexibility index (Phi) is 5.25. The van der Waals surface area contributed by atoms with Gasteiger partial charge in [-0.3, -0.25) is 4.98 Å². The largest absolute Gasteiger partial charge is 0.335 e. The molecular formula is C17H18FN3O. The number of rotatable bonds is 5. The fraction of sp³-hybridized carbons (Fsp3) is 0.176. The maximum absolute atomic E-state index is 13.6. The molecule has 0 fully saturated rings. The van der Waals surface area contributed by atoms with Crippen molar-refractivity contribution in [3.8, 4) is 0 Å². The summed E-state index contributed by atoms with van der Waals surface area (Å²) in [6.07, 6.45) is 3.25. The van der Waals surface area contributed by atoms with Gasteiger partial charge in [-0.05, 0) is 29.8 Å². The van der Waals surface area contributed by atoms with E-state index in [0.717, 1.165) is 0 Å². The number of aromatic nitrogens is 1. The number of carbonyl (C=O) groups excluding carboxylic acids is 1. The van der Waals surface area contributed by atoms with Crippen LogP contribution in [-0.2, 0) is 0 Å². The number of carbonyl (C=O) groups is 1. The number of urea groups is 1. The molecule has 1 aromatic carbocycles. The molecule has 5 heteroatoms. The van der Waals surface area contributed by atoms with Crippen molar-refractivity contribution in [3.63, 3.8) is 0 Å². The zero-order valence-corrected chi connectivity index (χ0v) is 12.4. The second-order valence-electron chi connectivity index (χ2n) is 4.80. The van der Waals surface area contributed by atoms with E-state index in [1.54, 1.807) is 37.5 Å². The van der Waals surface area contributed by atoms with Gasteiger partial charge < -0.3 is 10.2 Å². The van der Waals surface area contributed by atoms with Crippen molar-refractivity contribution in [2.45, 2.75) is 6.04 Å². The molecule has 0 bridgehead atoms. The van der Waals surface area contributed by atoms with Crippen LogP contribution in [0, 0.1) is 5.82 Å². The maximum atomic E-state index is 13.6. The molecule has 0 aliphatic heterocycles. The number of hydrogen-bond donors (Lipinski definition) is 1. The Labute approximate surface area is 129 Å². The standard InChI is InChI=1S/C17H18FN3O/c1-3-10-20-17(22)21(2)16(15-9-4-5-11-19-15)13-7-6-8-14(18)12-13/h3-9,11-12,16H,1,10H2,2H3,(H,20,22)/t16-/m1/s1. The predicted octanol–water partition coefficient (Wildman–Crippen LogP) is 3.14. The number of pyridine rings is 1. The number of nitrogens with one attached hydrogen (secondary N) is 1. The van der Waals surface area contributed by atoms with Crippen LogP contribution in [0.5, 0.6) is 0 Å². The highest BCUT2D eigenvalue weighted by atomic mass is 19.1. The van der Waals surface area contributed by atoms with E-state index in [-0.39, 0.29) is 11.8 Å². The monoisotopic (exact) mass is 299 g/mol. The first kappa shape index (κ1) is 15.7. The van der Waals surface area contributed by atoms with Crippen LogP contribution in [0.15, 0.2) is 61.3 Å². The molecule has 22 heavy (non-hydrogen) atoms. The third kappa shape index (κ3) is 3.69. The zero-order chi connectivity index (χ0) is 15.9. The molecule has 0 spiro atoms. The molecule has 0 unspecified atom stereocenters. The quantitative estimate of drug-likeness (QED) is 0.862. The molecule has 4 nitrogen and oxygen atoms in total. The van der Waals surface area contributed by atoms with Gasteiger partial charge in [-0.15, -0.1) is 6.58 Å². The van der Waals surface area contributed by atoms with Gasteiger partial charge in [-0.2, -0.15) is 0 Å². The summed E-state index contributed by atoms with van der Waals surface area (Å²) < 4.78 is 13.6. The molecule has 2 aromatic rings. The summed E-state index contributed by atoms with van der Waals surface area (Å²) >= 11 is 0. The van der Waals surface area contributed by atoms with Crippen molar-refractivity contribution in [2.75, 3.05) is 13.6 Å². The van der Waals surface area contributed by atoms with Crippen molar-refractivity contribution >= 4 is 6.03 Å². The molecule has 2 rings (SSSR count). The Morgan fingerprint density at radius 3 is 2.86 bits per heavy atom. The summed E-state index contributed by atoms with van der Waals surface area (Å²) in [4.78, 5) is 18.0. The molecular weight excluding hydrogens is 281 g/mol. The lowest BCUT2D eigenvalue weighted by molar-refractivity contribution is 0.198. The van der Waals surface area contributed by atoms with Crippen LogP contribution in [0.3, 0.4) is 0 Å². The normalized spacial score (nSPS) is 11.5. The first-order valence-corrected chi connectivity index (χ1v) is 6.91. The van der Waals surface area contributed by atoms with E-state index in [4.69, 9.17) is 0 Å². The Hall–Kier alpha value is -2.69. The van der Waals surface area contributed by atoms with Crippen LogP contribution in [0.25, 0.3) is 0 Å². The van der Waals surface area contributed by atoms with Crippen molar-refractivity contribution in [2.24, 2.45) is 0 Å². The number of hydrogen-bond acceptors (Lipinski definition) is 2. The van der Waals surface area contributed by atoms with Gasteiger partial charge in [-0.1, -0.05) is 24.3 Å². The molecule has 0 aliphatic rings. The van der Waals surface area contributed by atoms with Gasteiger partial charge in [0.25, 0.3) is 0 Å². The Morgan fingerprint density at radius 2 is 2.23 bits per heavy atom. The predicted molar refractivity (Wildman–Crippen MR) is 83.8 cm³/mol. The third-order valence-electron chi connectivity index (χ3n) is 3.24. The van der Waals surface area contributed by atoms with Crippen molar-refractivity contribution in [1.29, 1.82) is 0 Å². The van der Waals surface area contributed by atoms with Crippen molar-refractivity contribution < 1.29 is 9.18 Å².